The molecule has 0 amide bonds. The van der Waals surface area contributed by atoms with Gasteiger partial charge in [-0.3, -0.25) is 4.79 Å². The van der Waals surface area contributed by atoms with E-state index in [1.54, 1.807) is 13.0 Å². The van der Waals surface area contributed by atoms with E-state index in [2.05, 4.69) is 0 Å². The first-order valence-corrected chi connectivity index (χ1v) is 6.48. The molecule has 0 aliphatic rings. The van der Waals surface area contributed by atoms with Crippen LogP contribution in [0.25, 0.3) is 10.8 Å². The number of benzene rings is 2. The molecule has 0 radical (unpaired) electrons. The van der Waals surface area contributed by atoms with Crippen molar-refractivity contribution in [2.75, 3.05) is 14.2 Å². The second kappa shape index (κ2) is 5.51. The fourth-order valence-electron chi connectivity index (χ4n) is 2.52. The Morgan fingerprint density at radius 3 is 2.05 bits per heavy atom. The number of halogens is 3. The number of methoxy groups -OCH3 is 2. The largest absolute Gasteiger partial charge is 0.496 e. The second-order valence-electron chi connectivity index (χ2n) is 4.99. The summed E-state index contributed by atoms with van der Waals surface area (Å²) in [6.45, 7) is 3.17. The minimum atomic E-state index is -4.94. The van der Waals surface area contributed by atoms with E-state index in [9.17, 15) is 18.0 Å². The number of carbonyl (C=O) groups excluding carboxylic acids is 1. The van der Waals surface area contributed by atoms with E-state index in [-0.39, 0.29) is 16.5 Å². The number of aryl methyl sites for hydroxylation is 2. The molecule has 0 unspecified atom stereocenters. The van der Waals surface area contributed by atoms with E-state index < -0.39 is 12.0 Å². The third-order valence-electron chi connectivity index (χ3n) is 3.43. The molecular weight excluding hydrogens is 297 g/mol. The molecule has 0 aliphatic carbocycles. The van der Waals surface area contributed by atoms with Crippen LogP contribution >= 0.6 is 0 Å². The van der Waals surface area contributed by atoms with Gasteiger partial charge >= 0.3 is 6.18 Å². The number of hydrogen-bond donors (Lipinski definition) is 0. The molecular formula is C16H15F3O3. The summed E-state index contributed by atoms with van der Waals surface area (Å²) >= 11 is 0. The molecule has 22 heavy (non-hydrogen) atoms. The predicted molar refractivity (Wildman–Crippen MR) is 76.9 cm³/mol. The maximum atomic E-state index is 12.9. The van der Waals surface area contributed by atoms with Crippen LogP contribution in [0.5, 0.6) is 11.5 Å². The number of carbonyl (C=O) groups is 1. The predicted octanol–water partition coefficient (Wildman–Crippen LogP) is 4.22. The Kier molecular flexibility index (Phi) is 4.04. The van der Waals surface area contributed by atoms with E-state index >= 15 is 0 Å². The molecule has 0 atom stereocenters. The number of rotatable bonds is 3. The van der Waals surface area contributed by atoms with Crippen LogP contribution < -0.4 is 9.47 Å². The zero-order valence-electron chi connectivity index (χ0n) is 12.6. The lowest BCUT2D eigenvalue weighted by molar-refractivity contribution is -0.0884. The first kappa shape index (κ1) is 16.1. The zero-order valence-corrected chi connectivity index (χ0v) is 12.6. The zero-order chi connectivity index (χ0) is 16.7. The maximum absolute atomic E-state index is 12.9. The lowest BCUT2D eigenvalue weighted by atomic mass is 9.93. The van der Waals surface area contributed by atoms with Crippen LogP contribution in [0.4, 0.5) is 13.2 Å². The average Bonchev–Trinajstić information content (AvgIpc) is 2.43. The van der Waals surface area contributed by atoms with Gasteiger partial charge in [-0.2, -0.15) is 13.2 Å². The molecule has 0 spiro atoms. The molecule has 0 N–H and O–H groups in total. The number of fused-ring (bicyclic) bond motifs is 1. The van der Waals surface area contributed by atoms with Gasteiger partial charge in [-0.1, -0.05) is 6.07 Å². The quantitative estimate of drug-likeness (QED) is 0.796. The van der Waals surface area contributed by atoms with Crippen LogP contribution in [-0.2, 0) is 0 Å². The number of hydrogen-bond acceptors (Lipinski definition) is 3. The molecule has 3 nitrogen and oxygen atoms in total. The number of ketones is 1. The van der Waals surface area contributed by atoms with Crippen molar-refractivity contribution in [3.8, 4) is 11.5 Å². The van der Waals surface area contributed by atoms with Crippen molar-refractivity contribution in [1.82, 2.24) is 0 Å². The number of alkyl halides is 3. The van der Waals surface area contributed by atoms with Gasteiger partial charge in [0.05, 0.1) is 19.6 Å². The van der Waals surface area contributed by atoms with Crippen LogP contribution in [0, 0.1) is 13.8 Å². The van der Waals surface area contributed by atoms with E-state index in [1.165, 1.54) is 33.3 Å². The van der Waals surface area contributed by atoms with Crippen LogP contribution in [0.2, 0.25) is 0 Å². The Labute approximate surface area is 125 Å². The topological polar surface area (TPSA) is 35.5 Å². The van der Waals surface area contributed by atoms with Gasteiger partial charge < -0.3 is 9.47 Å². The molecule has 2 rings (SSSR count). The summed E-state index contributed by atoms with van der Waals surface area (Å²) < 4.78 is 49.2. The molecule has 6 heteroatoms. The fraction of sp³-hybridized carbons (Fsp3) is 0.312. The minimum absolute atomic E-state index is 0.177. The molecule has 2 aromatic rings. The van der Waals surface area contributed by atoms with Crippen LogP contribution in [0.1, 0.15) is 21.5 Å². The van der Waals surface area contributed by atoms with Gasteiger partial charge in [0, 0.05) is 10.9 Å². The highest BCUT2D eigenvalue weighted by atomic mass is 19.4. The van der Waals surface area contributed by atoms with Crippen molar-refractivity contribution >= 4 is 16.6 Å². The van der Waals surface area contributed by atoms with Gasteiger partial charge in [0.1, 0.15) is 11.5 Å². The van der Waals surface area contributed by atoms with Crippen LogP contribution in [-0.4, -0.2) is 26.2 Å². The SMILES string of the molecule is COc1cc(C)cc2c(C(=O)C(F)(F)F)c(C)cc(OC)c12. The smallest absolute Gasteiger partial charge is 0.454 e. The minimum Gasteiger partial charge on any atom is -0.496 e. The molecule has 2 aromatic carbocycles. The van der Waals surface area contributed by atoms with Gasteiger partial charge in [-0.05, 0) is 37.1 Å². The Balaban J connectivity index is 2.97. The van der Waals surface area contributed by atoms with Crippen molar-refractivity contribution in [3.63, 3.8) is 0 Å². The summed E-state index contributed by atoms with van der Waals surface area (Å²) in [6, 6.07) is 4.63. The molecule has 0 saturated heterocycles. The Morgan fingerprint density at radius 1 is 1.00 bits per heavy atom. The summed E-state index contributed by atoms with van der Waals surface area (Å²) in [6.07, 6.45) is -4.94. The van der Waals surface area contributed by atoms with Crippen molar-refractivity contribution in [2.24, 2.45) is 0 Å². The van der Waals surface area contributed by atoms with Crippen molar-refractivity contribution in [2.45, 2.75) is 20.0 Å². The molecule has 0 saturated carbocycles. The van der Waals surface area contributed by atoms with E-state index in [4.69, 9.17) is 9.47 Å². The fourth-order valence-corrected chi connectivity index (χ4v) is 2.52. The lowest BCUT2D eigenvalue weighted by Gasteiger charge is -2.17. The third-order valence-corrected chi connectivity index (χ3v) is 3.43. The normalized spacial score (nSPS) is 11.6. The second-order valence-corrected chi connectivity index (χ2v) is 4.99. The van der Waals surface area contributed by atoms with Crippen molar-refractivity contribution in [3.05, 3.63) is 34.9 Å². The van der Waals surface area contributed by atoms with E-state index in [1.807, 2.05) is 0 Å². The van der Waals surface area contributed by atoms with Crippen LogP contribution in [0.15, 0.2) is 18.2 Å². The first-order valence-electron chi connectivity index (χ1n) is 6.48. The third kappa shape index (κ3) is 2.61. The summed E-state index contributed by atoms with van der Waals surface area (Å²) in [5, 5.41) is 0.532. The average molecular weight is 312 g/mol. The summed E-state index contributed by atoms with van der Waals surface area (Å²) in [4.78, 5) is 11.8. The van der Waals surface area contributed by atoms with E-state index in [0.29, 0.717) is 22.4 Å². The van der Waals surface area contributed by atoms with Crippen molar-refractivity contribution in [1.29, 1.82) is 0 Å². The standard InChI is InChI=1S/C16H15F3O3/c1-8-5-10-13(15(20)16(17,18)19)9(2)7-12(22-4)14(10)11(6-8)21-3/h5-7H,1-4H3. The van der Waals surface area contributed by atoms with Crippen LogP contribution in [0.3, 0.4) is 0 Å². The Hall–Kier alpha value is -2.24. The van der Waals surface area contributed by atoms with Crippen molar-refractivity contribution < 1.29 is 27.4 Å². The van der Waals surface area contributed by atoms with Gasteiger partial charge in [0.2, 0.25) is 0 Å². The maximum Gasteiger partial charge on any atom is 0.454 e. The Morgan fingerprint density at radius 2 is 1.55 bits per heavy atom. The lowest BCUT2D eigenvalue weighted by Crippen LogP contribution is -2.24. The van der Waals surface area contributed by atoms with E-state index in [0.717, 1.165) is 0 Å². The molecule has 0 aliphatic heterocycles. The summed E-state index contributed by atoms with van der Waals surface area (Å²) in [5.74, 6) is -1.14. The molecule has 118 valence electrons. The Bertz CT molecular complexity index is 738. The highest BCUT2D eigenvalue weighted by molar-refractivity contribution is 6.14. The highest BCUT2D eigenvalue weighted by Crippen LogP contribution is 2.40. The number of ether oxygens (including phenoxy) is 2. The molecule has 0 fully saturated rings. The molecule has 0 aromatic heterocycles. The van der Waals surface area contributed by atoms with Gasteiger partial charge in [0.25, 0.3) is 5.78 Å². The van der Waals surface area contributed by atoms with Gasteiger partial charge in [-0.15, -0.1) is 0 Å². The summed E-state index contributed by atoms with van der Waals surface area (Å²) in [5.41, 5.74) is 0.526. The van der Waals surface area contributed by atoms with Gasteiger partial charge in [0.15, 0.2) is 0 Å². The monoisotopic (exact) mass is 312 g/mol. The van der Waals surface area contributed by atoms with Gasteiger partial charge in [-0.25, -0.2) is 0 Å². The highest BCUT2D eigenvalue weighted by Gasteiger charge is 2.41. The first-order chi connectivity index (χ1) is 10.2. The number of Topliss-reactive ketones (excluding diaryl/α,β-unsaturated/α-hetero) is 1. The molecule has 0 heterocycles. The summed E-state index contributed by atoms with van der Waals surface area (Å²) in [7, 11) is 2.83. The molecule has 0 bridgehead atoms.